The molecule has 1 aliphatic rings. The quantitative estimate of drug-likeness (QED) is 0.679. The average Bonchev–Trinajstić information content (AvgIpc) is 2.37. The fourth-order valence-electron chi connectivity index (χ4n) is 2.66. The Balaban J connectivity index is 2.08. The van der Waals surface area contributed by atoms with Crippen LogP contribution in [0.15, 0.2) is 24.3 Å². The first-order chi connectivity index (χ1) is 9.15. The van der Waals surface area contributed by atoms with Gasteiger partial charge in [-0.2, -0.15) is 0 Å². The number of non-ortho nitro benzene ring substituents is 1. The molecule has 110 valence electrons. The zero-order valence-electron chi connectivity index (χ0n) is 12.5. The summed E-state index contributed by atoms with van der Waals surface area (Å²) in [5, 5.41) is 21.1. The number of aliphatic hydroxyl groups excluding tert-OH is 1. The molecular weight excluding hydrogens is 256 g/mol. The van der Waals surface area contributed by atoms with E-state index in [0.717, 1.165) is 6.54 Å². The summed E-state index contributed by atoms with van der Waals surface area (Å²) < 4.78 is 0. The van der Waals surface area contributed by atoms with Crippen LogP contribution in [0.4, 0.5) is 5.69 Å². The van der Waals surface area contributed by atoms with Crippen LogP contribution in [0.2, 0.25) is 0 Å². The maximum absolute atomic E-state index is 10.8. The van der Waals surface area contributed by atoms with E-state index in [1.54, 1.807) is 12.1 Å². The van der Waals surface area contributed by atoms with Crippen LogP contribution in [0.3, 0.4) is 0 Å². The van der Waals surface area contributed by atoms with Crippen LogP contribution < -0.4 is 0 Å². The first kappa shape index (κ1) is 14.9. The Morgan fingerprint density at radius 2 is 2.05 bits per heavy atom. The lowest BCUT2D eigenvalue weighted by Gasteiger charge is -2.62. The van der Waals surface area contributed by atoms with Crippen LogP contribution in [0.1, 0.15) is 39.4 Å². The van der Waals surface area contributed by atoms with Gasteiger partial charge in [0.05, 0.1) is 11.0 Å². The zero-order valence-corrected chi connectivity index (χ0v) is 12.5. The predicted molar refractivity (Wildman–Crippen MR) is 77.5 cm³/mol. The van der Waals surface area contributed by atoms with Crippen molar-refractivity contribution in [1.29, 1.82) is 0 Å². The number of likely N-dealkylation sites (tertiary alicyclic amines) is 1. The van der Waals surface area contributed by atoms with Crippen molar-refractivity contribution < 1.29 is 10.0 Å². The third-order valence-corrected chi connectivity index (χ3v) is 4.89. The number of aliphatic hydroxyl groups is 1. The van der Waals surface area contributed by atoms with Crippen LogP contribution in [0.5, 0.6) is 0 Å². The highest BCUT2D eigenvalue weighted by Gasteiger charge is 2.52. The molecule has 5 nitrogen and oxygen atoms in total. The Bertz CT molecular complexity index is 526. The lowest BCUT2D eigenvalue weighted by Crippen LogP contribution is -2.69. The fraction of sp³-hybridized carbons (Fsp3) is 0.600. The molecule has 1 unspecified atom stereocenters. The number of benzene rings is 1. The van der Waals surface area contributed by atoms with Crippen molar-refractivity contribution in [3.8, 4) is 0 Å². The molecule has 0 radical (unpaired) electrons. The summed E-state index contributed by atoms with van der Waals surface area (Å²) in [5.74, 6) is 0. The molecule has 1 atom stereocenters. The lowest BCUT2D eigenvalue weighted by atomic mass is 9.65. The van der Waals surface area contributed by atoms with Gasteiger partial charge in [-0.3, -0.25) is 15.0 Å². The Hall–Kier alpha value is -1.46. The van der Waals surface area contributed by atoms with Crippen molar-refractivity contribution >= 4 is 5.69 Å². The molecule has 0 aliphatic carbocycles. The smallest absolute Gasteiger partial charge is 0.269 e. The summed E-state index contributed by atoms with van der Waals surface area (Å²) in [6.45, 7) is 10.2. The minimum atomic E-state index is -0.703. The molecule has 0 bridgehead atoms. The molecule has 1 fully saturated rings. The van der Waals surface area contributed by atoms with E-state index >= 15 is 0 Å². The lowest BCUT2D eigenvalue weighted by molar-refractivity contribution is -0.385. The number of nitro groups is 1. The normalized spacial score (nSPS) is 22.1. The largest absolute Gasteiger partial charge is 0.387 e. The fourth-order valence-corrected chi connectivity index (χ4v) is 2.66. The van der Waals surface area contributed by atoms with E-state index in [4.69, 9.17) is 0 Å². The average molecular weight is 278 g/mol. The first-order valence-corrected chi connectivity index (χ1v) is 6.82. The van der Waals surface area contributed by atoms with Gasteiger partial charge in [-0.1, -0.05) is 26.0 Å². The Kier molecular flexibility index (Phi) is 3.60. The van der Waals surface area contributed by atoms with Gasteiger partial charge in [0.1, 0.15) is 0 Å². The van der Waals surface area contributed by atoms with Crippen LogP contribution >= 0.6 is 0 Å². The molecule has 1 N–H and O–H groups in total. The third-order valence-electron chi connectivity index (χ3n) is 4.89. The van der Waals surface area contributed by atoms with Crippen molar-refractivity contribution in [2.45, 2.75) is 39.3 Å². The van der Waals surface area contributed by atoms with E-state index in [1.165, 1.54) is 12.1 Å². The molecule has 1 aliphatic heterocycles. The highest BCUT2D eigenvalue weighted by atomic mass is 16.6. The maximum atomic E-state index is 10.8. The van der Waals surface area contributed by atoms with E-state index in [0.29, 0.717) is 12.1 Å². The second-order valence-corrected chi connectivity index (χ2v) is 6.69. The van der Waals surface area contributed by atoms with Gasteiger partial charge in [0.15, 0.2) is 0 Å². The van der Waals surface area contributed by atoms with Gasteiger partial charge in [-0.15, -0.1) is 0 Å². The molecule has 0 saturated carbocycles. The van der Waals surface area contributed by atoms with Crippen LogP contribution in [0, 0.1) is 15.5 Å². The Morgan fingerprint density at radius 3 is 2.55 bits per heavy atom. The number of nitro benzene ring substituents is 1. The SMILES string of the molecule is CC1(C)CN(CC(O)c2cccc([N+](=O)[O-])c2)C1(C)C. The van der Waals surface area contributed by atoms with Gasteiger partial charge in [-0.05, 0) is 24.8 Å². The highest BCUT2D eigenvalue weighted by Crippen LogP contribution is 2.46. The van der Waals surface area contributed by atoms with E-state index in [-0.39, 0.29) is 16.6 Å². The number of β-amino-alcohol motifs (C(OH)–C–C–N with tert-alkyl or cyclic N) is 1. The van der Waals surface area contributed by atoms with Gasteiger partial charge in [0, 0.05) is 30.8 Å². The minimum absolute atomic E-state index is 0.0183. The first-order valence-electron chi connectivity index (χ1n) is 6.82. The number of hydrogen-bond donors (Lipinski definition) is 1. The summed E-state index contributed by atoms with van der Waals surface area (Å²) >= 11 is 0. The molecule has 1 heterocycles. The number of nitrogens with zero attached hydrogens (tertiary/aromatic N) is 2. The zero-order chi connectivity index (χ0) is 15.1. The molecular formula is C15H22N2O3. The van der Waals surface area contributed by atoms with Gasteiger partial charge >= 0.3 is 0 Å². The molecule has 20 heavy (non-hydrogen) atoms. The monoisotopic (exact) mass is 278 g/mol. The van der Waals surface area contributed by atoms with Gasteiger partial charge in [0.2, 0.25) is 0 Å². The van der Waals surface area contributed by atoms with Crippen molar-refractivity contribution in [1.82, 2.24) is 4.90 Å². The van der Waals surface area contributed by atoms with E-state index in [9.17, 15) is 15.2 Å². The van der Waals surface area contributed by atoms with E-state index in [1.807, 2.05) is 0 Å². The number of hydrogen-bond acceptors (Lipinski definition) is 4. The number of rotatable bonds is 4. The molecule has 2 rings (SSSR count). The van der Waals surface area contributed by atoms with Crippen LogP contribution in [-0.4, -0.2) is 33.6 Å². The van der Waals surface area contributed by atoms with Crippen LogP contribution in [0.25, 0.3) is 0 Å². The minimum Gasteiger partial charge on any atom is -0.387 e. The van der Waals surface area contributed by atoms with Crippen molar-refractivity contribution in [2.24, 2.45) is 5.41 Å². The summed E-state index contributed by atoms with van der Waals surface area (Å²) in [7, 11) is 0. The van der Waals surface area contributed by atoms with E-state index in [2.05, 4.69) is 32.6 Å². The molecule has 0 spiro atoms. The van der Waals surface area contributed by atoms with Crippen molar-refractivity contribution in [2.75, 3.05) is 13.1 Å². The second-order valence-electron chi connectivity index (χ2n) is 6.69. The summed E-state index contributed by atoms with van der Waals surface area (Å²) in [6, 6.07) is 6.23. The third kappa shape index (κ3) is 2.43. The molecule has 1 aromatic carbocycles. The second kappa shape index (κ2) is 4.82. The van der Waals surface area contributed by atoms with Gasteiger partial charge in [0.25, 0.3) is 5.69 Å². The standard InChI is InChI=1S/C15H22N2O3/c1-14(2)10-16(15(14,3)4)9-13(18)11-6-5-7-12(8-11)17(19)20/h5-8,13,18H,9-10H2,1-4H3. The predicted octanol–water partition coefficient (Wildman–Crippen LogP) is 2.75. The Morgan fingerprint density at radius 1 is 1.40 bits per heavy atom. The molecule has 0 amide bonds. The van der Waals surface area contributed by atoms with Gasteiger partial charge in [-0.25, -0.2) is 0 Å². The summed E-state index contributed by atoms with van der Waals surface area (Å²) in [4.78, 5) is 12.5. The molecule has 1 aromatic rings. The van der Waals surface area contributed by atoms with Crippen molar-refractivity contribution in [3.63, 3.8) is 0 Å². The van der Waals surface area contributed by atoms with E-state index < -0.39 is 11.0 Å². The molecule has 1 saturated heterocycles. The molecule has 5 heteroatoms. The Labute approximate surface area is 119 Å². The van der Waals surface area contributed by atoms with Crippen molar-refractivity contribution in [3.05, 3.63) is 39.9 Å². The molecule has 0 aromatic heterocycles. The van der Waals surface area contributed by atoms with Crippen LogP contribution in [-0.2, 0) is 0 Å². The highest BCUT2D eigenvalue weighted by molar-refractivity contribution is 5.35. The maximum Gasteiger partial charge on any atom is 0.269 e. The summed E-state index contributed by atoms with van der Waals surface area (Å²) in [6.07, 6.45) is -0.703. The van der Waals surface area contributed by atoms with Gasteiger partial charge < -0.3 is 5.11 Å². The summed E-state index contributed by atoms with van der Waals surface area (Å²) in [5.41, 5.74) is 0.855. The topological polar surface area (TPSA) is 66.6 Å².